The summed E-state index contributed by atoms with van der Waals surface area (Å²) in [5, 5.41) is 11.4. The molecule has 0 aliphatic heterocycles. The maximum Gasteiger partial charge on any atom is 0.408 e. The number of carboxylic acids is 1. The van der Waals surface area contributed by atoms with Crippen molar-refractivity contribution in [1.82, 2.24) is 5.32 Å². The average Bonchev–Trinajstić information content (AvgIpc) is 2.37. The van der Waals surface area contributed by atoms with E-state index in [2.05, 4.69) is 21.2 Å². The van der Waals surface area contributed by atoms with Gasteiger partial charge in [-0.2, -0.15) is 0 Å². The molecule has 4 N–H and O–H groups in total. The Hall–Kier alpha value is -1.48. The molecular formula is C14H18BrFN2O4S. The predicted octanol–water partition coefficient (Wildman–Crippen LogP) is 3.24. The minimum Gasteiger partial charge on any atom is -0.480 e. The highest BCUT2D eigenvalue weighted by atomic mass is 79.9. The molecule has 0 fully saturated rings. The van der Waals surface area contributed by atoms with Crippen molar-refractivity contribution in [3.8, 4) is 0 Å². The lowest BCUT2D eigenvalue weighted by Gasteiger charge is -2.22. The number of anilines is 1. The van der Waals surface area contributed by atoms with E-state index in [9.17, 15) is 19.1 Å². The molecule has 0 bridgehead atoms. The van der Waals surface area contributed by atoms with Crippen LogP contribution < -0.4 is 11.1 Å². The summed E-state index contributed by atoms with van der Waals surface area (Å²) in [6.45, 7) is 5.01. The number of amides is 1. The van der Waals surface area contributed by atoms with E-state index in [1.54, 1.807) is 20.8 Å². The Bertz CT molecular complexity index is 607. The summed E-state index contributed by atoms with van der Waals surface area (Å²) in [7, 11) is 0. The van der Waals surface area contributed by atoms with Crippen LogP contribution in [0.25, 0.3) is 0 Å². The van der Waals surface area contributed by atoms with Gasteiger partial charge >= 0.3 is 12.1 Å². The van der Waals surface area contributed by atoms with Gasteiger partial charge in [0, 0.05) is 16.3 Å². The number of carboxylic acid groups (broad SMARTS) is 1. The zero-order valence-corrected chi connectivity index (χ0v) is 15.3. The second-order valence-corrected chi connectivity index (χ2v) is 7.57. The van der Waals surface area contributed by atoms with Crippen LogP contribution in [0.15, 0.2) is 21.5 Å². The first kappa shape index (κ1) is 19.6. The van der Waals surface area contributed by atoms with Crippen molar-refractivity contribution in [2.24, 2.45) is 0 Å². The smallest absolute Gasteiger partial charge is 0.408 e. The van der Waals surface area contributed by atoms with E-state index in [-0.39, 0.29) is 10.2 Å². The number of hydrogen-bond acceptors (Lipinski definition) is 5. The minimum absolute atomic E-state index is 0.0279. The Labute approximate surface area is 146 Å². The van der Waals surface area contributed by atoms with Crippen LogP contribution in [0.2, 0.25) is 0 Å². The lowest BCUT2D eigenvalue weighted by molar-refractivity contribution is -0.138. The number of alkyl carbamates (subject to hydrolysis) is 1. The van der Waals surface area contributed by atoms with E-state index in [1.165, 1.54) is 12.1 Å². The molecule has 0 heterocycles. The zero-order valence-electron chi connectivity index (χ0n) is 12.9. The Morgan fingerprint density at radius 3 is 2.61 bits per heavy atom. The first-order chi connectivity index (χ1) is 10.5. The highest BCUT2D eigenvalue weighted by Gasteiger charge is 2.24. The lowest BCUT2D eigenvalue weighted by Crippen LogP contribution is -2.44. The number of aliphatic carboxylic acids is 1. The number of halogens is 2. The van der Waals surface area contributed by atoms with Gasteiger partial charge < -0.3 is 20.9 Å². The molecular weight excluding hydrogens is 391 g/mol. The SMILES string of the molecule is CC(C)(C)OC(=O)N[C@@H](CSc1cc(F)c(Br)cc1N)C(=O)O. The van der Waals surface area contributed by atoms with E-state index < -0.39 is 29.5 Å². The van der Waals surface area contributed by atoms with Gasteiger partial charge in [0.05, 0.1) is 4.47 Å². The number of hydrogen-bond donors (Lipinski definition) is 3. The van der Waals surface area contributed by atoms with Gasteiger partial charge in [-0.1, -0.05) is 0 Å². The van der Waals surface area contributed by atoms with Gasteiger partial charge in [-0.3, -0.25) is 0 Å². The molecule has 9 heteroatoms. The van der Waals surface area contributed by atoms with Gasteiger partial charge in [-0.05, 0) is 48.8 Å². The molecule has 0 radical (unpaired) electrons. The quantitative estimate of drug-likeness (QED) is 0.510. The summed E-state index contributed by atoms with van der Waals surface area (Å²) >= 11 is 4.04. The molecule has 0 aromatic heterocycles. The number of ether oxygens (including phenoxy) is 1. The Kier molecular flexibility index (Phi) is 6.69. The number of carbonyl (C=O) groups is 2. The van der Waals surface area contributed by atoms with Gasteiger partial charge in [-0.25, -0.2) is 14.0 Å². The first-order valence-corrected chi connectivity index (χ1v) is 8.37. The zero-order chi connectivity index (χ0) is 17.8. The molecule has 0 saturated heterocycles. The average molecular weight is 409 g/mol. The van der Waals surface area contributed by atoms with E-state index in [0.717, 1.165) is 11.8 Å². The van der Waals surface area contributed by atoms with Crippen molar-refractivity contribution < 1.29 is 23.8 Å². The summed E-state index contributed by atoms with van der Waals surface area (Å²) in [6.07, 6.45) is -0.833. The van der Waals surface area contributed by atoms with Crippen molar-refractivity contribution in [2.75, 3.05) is 11.5 Å². The molecule has 1 atom stereocenters. The molecule has 1 rings (SSSR count). The molecule has 0 aliphatic carbocycles. The summed E-state index contributed by atoms with van der Waals surface area (Å²) in [5.74, 6) is -1.76. The maximum atomic E-state index is 13.5. The number of rotatable bonds is 5. The van der Waals surface area contributed by atoms with Crippen LogP contribution in [-0.2, 0) is 9.53 Å². The van der Waals surface area contributed by atoms with E-state index in [4.69, 9.17) is 10.5 Å². The number of benzene rings is 1. The lowest BCUT2D eigenvalue weighted by atomic mass is 10.2. The normalized spacial score (nSPS) is 12.6. The highest BCUT2D eigenvalue weighted by molar-refractivity contribution is 9.10. The summed E-state index contributed by atoms with van der Waals surface area (Å²) in [6, 6.07) is 1.41. The highest BCUT2D eigenvalue weighted by Crippen LogP contribution is 2.30. The Morgan fingerprint density at radius 1 is 1.48 bits per heavy atom. The van der Waals surface area contributed by atoms with Gasteiger partial charge in [0.25, 0.3) is 0 Å². The molecule has 0 spiro atoms. The fraction of sp³-hybridized carbons (Fsp3) is 0.429. The van der Waals surface area contributed by atoms with E-state index in [0.29, 0.717) is 10.6 Å². The van der Waals surface area contributed by atoms with Crippen LogP contribution in [0.1, 0.15) is 20.8 Å². The van der Waals surface area contributed by atoms with Crippen LogP contribution in [0.5, 0.6) is 0 Å². The molecule has 0 unspecified atom stereocenters. The fourth-order valence-corrected chi connectivity index (χ4v) is 2.81. The monoisotopic (exact) mass is 408 g/mol. The third-order valence-electron chi connectivity index (χ3n) is 2.45. The summed E-state index contributed by atoms with van der Waals surface area (Å²) in [4.78, 5) is 23.3. The Morgan fingerprint density at radius 2 is 2.09 bits per heavy atom. The fourth-order valence-electron chi connectivity index (χ4n) is 1.47. The van der Waals surface area contributed by atoms with Crippen molar-refractivity contribution in [1.29, 1.82) is 0 Å². The molecule has 23 heavy (non-hydrogen) atoms. The van der Waals surface area contributed by atoms with E-state index >= 15 is 0 Å². The molecule has 1 aromatic carbocycles. The Balaban J connectivity index is 2.73. The van der Waals surface area contributed by atoms with Gasteiger partial charge in [-0.15, -0.1) is 11.8 Å². The van der Waals surface area contributed by atoms with E-state index in [1.807, 2.05) is 0 Å². The molecule has 0 aliphatic rings. The number of nitrogens with two attached hydrogens (primary N) is 1. The first-order valence-electron chi connectivity index (χ1n) is 6.59. The van der Waals surface area contributed by atoms with Crippen LogP contribution in [-0.4, -0.2) is 34.6 Å². The third kappa shape index (κ3) is 6.66. The molecule has 6 nitrogen and oxygen atoms in total. The maximum absolute atomic E-state index is 13.5. The van der Waals surface area contributed by atoms with Crippen LogP contribution in [0.4, 0.5) is 14.9 Å². The number of nitrogens with one attached hydrogen (secondary N) is 1. The molecule has 128 valence electrons. The van der Waals surface area contributed by atoms with Gasteiger partial charge in [0.15, 0.2) is 0 Å². The second kappa shape index (κ2) is 7.87. The second-order valence-electron chi connectivity index (χ2n) is 5.65. The van der Waals surface area contributed by atoms with Crippen molar-refractivity contribution in [2.45, 2.75) is 37.3 Å². The van der Waals surface area contributed by atoms with Crippen LogP contribution in [0, 0.1) is 5.82 Å². The van der Waals surface area contributed by atoms with Crippen LogP contribution >= 0.6 is 27.7 Å². The third-order valence-corrected chi connectivity index (χ3v) is 4.22. The summed E-state index contributed by atoms with van der Waals surface area (Å²) in [5.41, 5.74) is 5.33. The number of nitrogen functional groups attached to an aromatic ring is 1. The van der Waals surface area contributed by atoms with Gasteiger partial charge in [0.1, 0.15) is 17.5 Å². The van der Waals surface area contributed by atoms with Gasteiger partial charge in [0.2, 0.25) is 0 Å². The molecule has 1 aromatic rings. The molecule has 1 amide bonds. The predicted molar refractivity (Wildman–Crippen MR) is 90.0 cm³/mol. The number of carbonyl (C=O) groups excluding carboxylic acids is 1. The largest absolute Gasteiger partial charge is 0.480 e. The standard InChI is InChI=1S/C14H18BrFN2O4S/c1-14(2,3)22-13(21)18-10(12(19)20)6-23-11-5-8(16)7(15)4-9(11)17/h4-5,10H,6,17H2,1-3H3,(H,18,21)(H,19,20)/t10-/m0/s1. The van der Waals surface area contributed by atoms with Crippen molar-refractivity contribution in [3.05, 3.63) is 22.4 Å². The number of thioether (sulfide) groups is 1. The topological polar surface area (TPSA) is 102 Å². The van der Waals surface area contributed by atoms with Crippen molar-refractivity contribution >= 4 is 45.4 Å². The van der Waals surface area contributed by atoms with Crippen molar-refractivity contribution in [3.63, 3.8) is 0 Å². The minimum atomic E-state index is -1.22. The van der Waals surface area contributed by atoms with Crippen LogP contribution in [0.3, 0.4) is 0 Å². The summed E-state index contributed by atoms with van der Waals surface area (Å²) < 4.78 is 18.8. The molecule has 0 saturated carbocycles.